The minimum atomic E-state index is -0.0458. The zero-order valence-corrected chi connectivity index (χ0v) is 14.0. The molecule has 3 nitrogen and oxygen atoms in total. The van der Waals surface area contributed by atoms with E-state index in [0.29, 0.717) is 11.6 Å². The van der Waals surface area contributed by atoms with Gasteiger partial charge in [-0.05, 0) is 43.2 Å². The van der Waals surface area contributed by atoms with Crippen molar-refractivity contribution in [1.82, 2.24) is 9.88 Å². The van der Waals surface area contributed by atoms with Crippen LogP contribution in [0.5, 0.6) is 0 Å². The number of aromatic nitrogens is 1. The zero-order chi connectivity index (χ0) is 16.4. The van der Waals surface area contributed by atoms with Gasteiger partial charge in [-0.1, -0.05) is 41.9 Å². The van der Waals surface area contributed by atoms with Gasteiger partial charge in [-0.2, -0.15) is 0 Å². The highest BCUT2D eigenvalue weighted by Crippen LogP contribution is 2.25. The van der Waals surface area contributed by atoms with E-state index >= 15 is 0 Å². The van der Waals surface area contributed by atoms with Gasteiger partial charge in [-0.3, -0.25) is 4.79 Å². The molecule has 0 spiro atoms. The number of rotatable bonds is 4. The Morgan fingerprint density at radius 2 is 1.83 bits per heavy atom. The van der Waals surface area contributed by atoms with Gasteiger partial charge >= 0.3 is 0 Å². The normalized spacial score (nSPS) is 10.9. The quantitative estimate of drug-likeness (QED) is 0.749. The lowest BCUT2D eigenvalue weighted by Gasteiger charge is -2.10. The maximum atomic E-state index is 12.7. The van der Waals surface area contributed by atoms with E-state index in [1.807, 2.05) is 43.3 Å². The second kappa shape index (κ2) is 6.47. The Bertz CT molecular complexity index is 850. The molecule has 0 aliphatic carbocycles. The number of carbonyl (C=O) groups is 1. The van der Waals surface area contributed by atoms with Crippen molar-refractivity contribution in [3.05, 3.63) is 70.4 Å². The van der Waals surface area contributed by atoms with Crippen molar-refractivity contribution in [2.75, 3.05) is 0 Å². The predicted molar refractivity (Wildman–Crippen MR) is 95.0 cm³/mol. The molecule has 0 saturated carbocycles. The number of para-hydroxylation sites is 1. The predicted octanol–water partition coefficient (Wildman–Crippen LogP) is 4.55. The number of benzene rings is 2. The first-order valence-electron chi connectivity index (χ1n) is 7.72. The molecular weight excluding hydrogens is 308 g/mol. The van der Waals surface area contributed by atoms with E-state index in [4.69, 9.17) is 11.6 Å². The summed E-state index contributed by atoms with van der Waals surface area (Å²) in [7, 11) is 0. The Labute approximate surface area is 140 Å². The van der Waals surface area contributed by atoms with Gasteiger partial charge in [-0.15, -0.1) is 0 Å². The van der Waals surface area contributed by atoms with E-state index in [-0.39, 0.29) is 5.91 Å². The summed E-state index contributed by atoms with van der Waals surface area (Å²) in [4.78, 5) is 12.7. The number of amides is 1. The standard InChI is InChI=1S/C19H19ClN2O/c1-3-22-17-7-5-4-6-16(17)13(2)18(22)19(23)21-12-14-8-10-15(20)11-9-14/h4-11H,3,12H2,1-2H3,(H,21,23). The van der Waals surface area contributed by atoms with Crippen LogP contribution in [-0.4, -0.2) is 10.5 Å². The molecule has 0 fully saturated rings. The number of nitrogens with zero attached hydrogens (tertiary/aromatic N) is 1. The van der Waals surface area contributed by atoms with Gasteiger partial charge in [0.2, 0.25) is 0 Å². The van der Waals surface area contributed by atoms with E-state index < -0.39 is 0 Å². The molecule has 3 rings (SSSR count). The lowest BCUT2D eigenvalue weighted by molar-refractivity contribution is 0.0941. The van der Waals surface area contributed by atoms with Crippen LogP contribution >= 0.6 is 11.6 Å². The third kappa shape index (κ3) is 2.97. The lowest BCUT2D eigenvalue weighted by atomic mass is 10.1. The van der Waals surface area contributed by atoms with Gasteiger partial charge in [0.15, 0.2) is 0 Å². The van der Waals surface area contributed by atoms with Crippen LogP contribution < -0.4 is 5.32 Å². The van der Waals surface area contributed by atoms with Gasteiger partial charge in [0.05, 0.1) is 0 Å². The minimum absolute atomic E-state index is 0.0458. The average molecular weight is 327 g/mol. The van der Waals surface area contributed by atoms with Crippen molar-refractivity contribution in [2.24, 2.45) is 0 Å². The van der Waals surface area contributed by atoms with Crippen LogP contribution in [0.15, 0.2) is 48.5 Å². The Hall–Kier alpha value is -2.26. The Kier molecular flexibility index (Phi) is 4.39. The molecular formula is C19H19ClN2O. The number of carbonyl (C=O) groups excluding carboxylic acids is 1. The van der Waals surface area contributed by atoms with Crippen LogP contribution in [-0.2, 0) is 13.1 Å². The number of aryl methyl sites for hydroxylation is 2. The third-order valence-corrected chi connectivity index (χ3v) is 4.37. The molecule has 0 aliphatic rings. The second-order valence-corrected chi connectivity index (χ2v) is 5.98. The molecule has 23 heavy (non-hydrogen) atoms. The summed E-state index contributed by atoms with van der Waals surface area (Å²) < 4.78 is 2.07. The van der Waals surface area contributed by atoms with Gasteiger partial charge < -0.3 is 9.88 Å². The molecule has 0 unspecified atom stereocenters. The fourth-order valence-electron chi connectivity index (χ4n) is 2.97. The molecule has 3 aromatic rings. The summed E-state index contributed by atoms with van der Waals surface area (Å²) >= 11 is 5.89. The smallest absolute Gasteiger partial charge is 0.268 e. The fourth-order valence-corrected chi connectivity index (χ4v) is 3.09. The molecule has 1 N–H and O–H groups in total. The molecule has 0 atom stereocenters. The molecule has 0 bridgehead atoms. The topological polar surface area (TPSA) is 34.0 Å². The Morgan fingerprint density at radius 3 is 2.52 bits per heavy atom. The highest BCUT2D eigenvalue weighted by molar-refractivity contribution is 6.30. The minimum Gasteiger partial charge on any atom is -0.347 e. The molecule has 0 radical (unpaired) electrons. The number of fused-ring (bicyclic) bond motifs is 1. The highest BCUT2D eigenvalue weighted by atomic mass is 35.5. The number of hydrogen-bond acceptors (Lipinski definition) is 1. The van der Waals surface area contributed by atoms with Crippen molar-refractivity contribution in [3.63, 3.8) is 0 Å². The third-order valence-electron chi connectivity index (χ3n) is 4.12. The van der Waals surface area contributed by atoms with Crippen molar-refractivity contribution in [1.29, 1.82) is 0 Å². The first-order chi connectivity index (χ1) is 11.1. The highest BCUT2D eigenvalue weighted by Gasteiger charge is 2.18. The van der Waals surface area contributed by atoms with Crippen LogP contribution in [0.2, 0.25) is 5.02 Å². The van der Waals surface area contributed by atoms with Crippen LogP contribution in [0.25, 0.3) is 10.9 Å². The fraction of sp³-hybridized carbons (Fsp3) is 0.211. The molecule has 2 aromatic carbocycles. The van der Waals surface area contributed by atoms with E-state index in [0.717, 1.165) is 34.3 Å². The van der Waals surface area contributed by atoms with E-state index in [9.17, 15) is 4.79 Å². The summed E-state index contributed by atoms with van der Waals surface area (Å²) in [6.07, 6.45) is 0. The van der Waals surface area contributed by atoms with Crippen LogP contribution in [0.3, 0.4) is 0 Å². The summed E-state index contributed by atoms with van der Waals surface area (Å²) in [5.41, 5.74) is 3.89. The van der Waals surface area contributed by atoms with Gasteiger partial charge in [0.1, 0.15) is 5.69 Å². The maximum Gasteiger partial charge on any atom is 0.268 e. The van der Waals surface area contributed by atoms with Crippen LogP contribution in [0.4, 0.5) is 0 Å². The summed E-state index contributed by atoms with van der Waals surface area (Å²) in [5, 5.41) is 4.84. The van der Waals surface area contributed by atoms with E-state index in [2.05, 4.69) is 28.9 Å². The lowest BCUT2D eigenvalue weighted by Crippen LogP contribution is -2.26. The molecule has 118 valence electrons. The molecule has 4 heteroatoms. The number of halogens is 1. The van der Waals surface area contributed by atoms with Crippen molar-refractivity contribution in [3.8, 4) is 0 Å². The van der Waals surface area contributed by atoms with Crippen molar-refractivity contribution >= 4 is 28.4 Å². The molecule has 1 aromatic heterocycles. The SMILES string of the molecule is CCn1c(C(=O)NCc2ccc(Cl)cc2)c(C)c2ccccc21. The average Bonchev–Trinajstić information content (AvgIpc) is 2.86. The van der Waals surface area contributed by atoms with Crippen LogP contribution in [0, 0.1) is 6.92 Å². The van der Waals surface area contributed by atoms with Crippen LogP contribution in [0.1, 0.15) is 28.5 Å². The zero-order valence-electron chi connectivity index (χ0n) is 13.3. The molecule has 1 amide bonds. The monoisotopic (exact) mass is 326 g/mol. The molecule has 0 aliphatic heterocycles. The number of nitrogens with one attached hydrogen (secondary N) is 1. The first kappa shape index (κ1) is 15.6. The Balaban J connectivity index is 1.88. The molecule has 0 saturated heterocycles. The summed E-state index contributed by atoms with van der Waals surface area (Å²) in [5.74, 6) is -0.0458. The van der Waals surface area contributed by atoms with E-state index in [1.165, 1.54) is 0 Å². The summed E-state index contributed by atoms with van der Waals surface area (Å²) in [6.45, 7) is 5.31. The van der Waals surface area contributed by atoms with Gasteiger partial charge in [0.25, 0.3) is 5.91 Å². The van der Waals surface area contributed by atoms with E-state index in [1.54, 1.807) is 0 Å². The van der Waals surface area contributed by atoms with Crippen molar-refractivity contribution < 1.29 is 4.79 Å². The van der Waals surface area contributed by atoms with Gasteiger partial charge in [0, 0.05) is 29.0 Å². The Morgan fingerprint density at radius 1 is 1.13 bits per heavy atom. The largest absolute Gasteiger partial charge is 0.347 e. The second-order valence-electron chi connectivity index (χ2n) is 5.54. The number of hydrogen-bond donors (Lipinski definition) is 1. The summed E-state index contributed by atoms with van der Waals surface area (Å²) in [6, 6.07) is 15.6. The molecule has 1 heterocycles. The first-order valence-corrected chi connectivity index (χ1v) is 8.10. The van der Waals surface area contributed by atoms with Crippen molar-refractivity contribution in [2.45, 2.75) is 26.9 Å². The maximum absolute atomic E-state index is 12.7. The van der Waals surface area contributed by atoms with Gasteiger partial charge in [-0.25, -0.2) is 0 Å².